The molecule has 0 aliphatic carbocycles. The van der Waals surface area contributed by atoms with Gasteiger partial charge in [0.1, 0.15) is 23.0 Å². The highest BCUT2D eigenvalue weighted by atomic mass is 35.5. The van der Waals surface area contributed by atoms with Gasteiger partial charge in [-0.3, -0.25) is 0 Å². The zero-order chi connectivity index (χ0) is 24.8. The highest BCUT2D eigenvalue weighted by Gasteiger charge is 2.50. The lowest BCUT2D eigenvalue weighted by Crippen LogP contribution is -2.48. The molecule has 5 heterocycles. The molecule has 13 heteroatoms. The summed E-state index contributed by atoms with van der Waals surface area (Å²) in [7, 11) is -1.20. The van der Waals surface area contributed by atoms with Crippen LogP contribution in [-0.4, -0.2) is 51.8 Å². The predicted octanol–water partition coefficient (Wildman–Crippen LogP) is 3.24. The van der Waals surface area contributed by atoms with Gasteiger partial charge >= 0.3 is 0 Å². The molecule has 1 spiro atoms. The number of nitrogens with one attached hydrogen (secondary N) is 1. The monoisotopic (exact) mass is 533 g/mol. The number of rotatable bonds is 5. The summed E-state index contributed by atoms with van der Waals surface area (Å²) in [4.78, 5) is 16.3. The first-order chi connectivity index (χ1) is 16.7. The van der Waals surface area contributed by atoms with Crippen molar-refractivity contribution in [3.05, 3.63) is 41.8 Å². The van der Waals surface area contributed by atoms with Crippen molar-refractivity contribution < 1.29 is 4.21 Å². The number of fused-ring (bicyclic) bond motifs is 1. The Morgan fingerprint density at radius 3 is 2.69 bits per heavy atom. The molecular formula is C22H28ClN9OS2. The van der Waals surface area contributed by atoms with Crippen molar-refractivity contribution in [2.24, 2.45) is 5.41 Å². The normalized spacial score (nSPS) is 20.2. The van der Waals surface area contributed by atoms with Gasteiger partial charge in [0.05, 0.1) is 39.2 Å². The SMILES string of the molecule is CC(C)(C)[S@@](=O)N[C@@H]1c2nncn2CC12CCN(c1cnc(Sc3ccnc(N)c3Cl)cn1)CC2. The molecule has 0 saturated carbocycles. The number of anilines is 2. The van der Waals surface area contributed by atoms with E-state index < -0.39 is 11.0 Å². The van der Waals surface area contributed by atoms with Gasteiger partial charge in [-0.15, -0.1) is 10.2 Å². The Morgan fingerprint density at radius 2 is 2.00 bits per heavy atom. The van der Waals surface area contributed by atoms with Crippen LogP contribution in [0.1, 0.15) is 45.5 Å². The van der Waals surface area contributed by atoms with Crippen LogP contribution in [0.5, 0.6) is 0 Å². The summed E-state index contributed by atoms with van der Waals surface area (Å²) in [6, 6.07) is 1.71. The summed E-state index contributed by atoms with van der Waals surface area (Å²) in [6.07, 6.45) is 8.78. The fourth-order valence-electron chi connectivity index (χ4n) is 4.56. The number of aromatic nitrogens is 6. The molecule has 5 rings (SSSR count). The zero-order valence-electron chi connectivity index (χ0n) is 19.8. The van der Waals surface area contributed by atoms with Crippen LogP contribution in [0.4, 0.5) is 11.6 Å². The predicted molar refractivity (Wildman–Crippen MR) is 137 cm³/mol. The molecule has 0 unspecified atom stereocenters. The average molecular weight is 534 g/mol. The molecule has 0 amide bonds. The van der Waals surface area contributed by atoms with E-state index in [9.17, 15) is 4.21 Å². The maximum atomic E-state index is 13.0. The van der Waals surface area contributed by atoms with Gasteiger partial charge in [0.25, 0.3) is 0 Å². The van der Waals surface area contributed by atoms with Crippen LogP contribution in [0.25, 0.3) is 0 Å². The summed E-state index contributed by atoms with van der Waals surface area (Å²) < 4.78 is 18.1. The maximum Gasteiger partial charge on any atom is 0.151 e. The molecule has 3 aromatic rings. The molecule has 0 aromatic carbocycles. The molecule has 3 N–H and O–H groups in total. The third-order valence-electron chi connectivity index (χ3n) is 6.58. The molecule has 3 aromatic heterocycles. The molecule has 10 nitrogen and oxygen atoms in total. The topological polar surface area (TPSA) is 128 Å². The largest absolute Gasteiger partial charge is 0.382 e. The van der Waals surface area contributed by atoms with Crippen LogP contribution in [0, 0.1) is 5.41 Å². The quantitative estimate of drug-likeness (QED) is 0.507. The third-order valence-corrected chi connectivity index (χ3v) is 9.63. The summed E-state index contributed by atoms with van der Waals surface area (Å²) in [6.45, 7) is 8.40. The zero-order valence-corrected chi connectivity index (χ0v) is 22.2. The van der Waals surface area contributed by atoms with Crippen molar-refractivity contribution in [2.75, 3.05) is 23.7 Å². The van der Waals surface area contributed by atoms with Gasteiger partial charge in [-0.2, -0.15) is 0 Å². The smallest absolute Gasteiger partial charge is 0.151 e. The minimum absolute atomic E-state index is 0.0655. The van der Waals surface area contributed by atoms with E-state index in [1.807, 2.05) is 26.8 Å². The van der Waals surface area contributed by atoms with Crippen LogP contribution >= 0.6 is 23.4 Å². The summed E-state index contributed by atoms with van der Waals surface area (Å²) in [5.74, 6) is 2.00. The second-order valence-corrected chi connectivity index (χ2v) is 13.4. The third kappa shape index (κ3) is 4.76. The van der Waals surface area contributed by atoms with Gasteiger partial charge in [0.15, 0.2) is 5.82 Å². The summed E-state index contributed by atoms with van der Waals surface area (Å²) >= 11 is 7.65. The number of nitrogens with zero attached hydrogens (tertiary/aromatic N) is 7. The van der Waals surface area contributed by atoms with Crippen molar-refractivity contribution in [3.63, 3.8) is 0 Å². The number of piperidine rings is 1. The molecule has 186 valence electrons. The van der Waals surface area contributed by atoms with Gasteiger partial charge < -0.3 is 15.2 Å². The molecule has 35 heavy (non-hydrogen) atoms. The Kier molecular flexibility index (Phi) is 6.49. The molecule has 2 atom stereocenters. The van der Waals surface area contributed by atoms with E-state index in [1.165, 1.54) is 11.8 Å². The first-order valence-electron chi connectivity index (χ1n) is 11.4. The number of hydrogen-bond donors (Lipinski definition) is 2. The molecule has 1 saturated heterocycles. The van der Waals surface area contributed by atoms with Crippen molar-refractivity contribution in [1.29, 1.82) is 0 Å². The van der Waals surface area contributed by atoms with Gasteiger partial charge in [-0.1, -0.05) is 23.4 Å². The van der Waals surface area contributed by atoms with E-state index in [2.05, 4.69) is 39.3 Å². The number of hydrogen-bond acceptors (Lipinski definition) is 9. The minimum atomic E-state index is -1.20. The lowest BCUT2D eigenvalue weighted by atomic mass is 9.74. The van der Waals surface area contributed by atoms with E-state index >= 15 is 0 Å². The van der Waals surface area contributed by atoms with E-state index in [1.54, 1.807) is 24.9 Å². The number of nitrogens with two attached hydrogens (primary N) is 1. The number of nitrogen functional groups attached to an aromatic ring is 1. The fourth-order valence-corrected chi connectivity index (χ4v) is 6.47. The number of halogens is 1. The highest BCUT2D eigenvalue weighted by Crippen LogP contribution is 2.49. The Bertz CT molecular complexity index is 1240. The second kappa shape index (κ2) is 9.30. The van der Waals surface area contributed by atoms with Crippen molar-refractivity contribution in [2.45, 2.75) is 60.9 Å². The Balaban J connectivity index is 1.27. The maximum absolute atomic E-state index is 13.0. The molecular weight excluding hydrogens is 506 g/mol. The molecule has 2 aliphatic rings. The molecule has 1 fully saturated rings. The van der Waals surface area contributed by atoms with Crippen molar-refractivity contribution in [1.82, 2.24) is 34.4 Å². The van der Waals surface area contributed by atoms with Gasteiger partial charge in [0, 0.05) is 36.1 Å². The number of pyridine rings is 1. The average Bonchev–Trinajstić information content (AvgIpc) is 3.38. The lowest BCUT2D eigenvalue weighted by Gasteiger charge is -2.43. The summed E-state index contributed by atoms with van der Waals surface area (Å²) in [5.41, 5.74) is 5.73. The van der Waals surface area contributed by atoms with Crippen LogP contribution in [0.3, 0.4) is 0 Å². The van der Waals surface area contributed by atoms with Crippen LogP contribution in [0.15, 0.2) is 40.9 Å². The first-order valence-corrected chi connectivity index (χ1v) is 13.7. The van der Waals surface area contributed by atoms with E-state index in [0.717, 1.165) is 54.0 Å². The Hall–Kier alpha value is -2.28. The molecule has 2 aliphatic heterocycles. The highest BCUT2D eigenvalue weighted by molar-refractivity contribution is 7.99. The van der Waals surface area contributed by atoms with Crippen LogP contribution in [-0.2, 0) is 17.5 Å². The lowest BCUT2D eigenvalue weighted by molar-refractivity contribution is 0.163. The van der Waals surface area contributed by atoms with Gasteiger partial charge in [0.2, 0.25) is 0 Å². The summed E-state index contributed by atoms with van der Waals surface area (Å²) in [5, 5.41) is 9.59. The van der Waals surface area contributed by atoms with Gasteiger partial charge in [-0.05, 0) is 39.7 Å². The minimum Gasteiger partial charge on any atom is -0.382 e. The van der Waals surface area contributed by atoms with Crippen molar-refractivity contribution in [3.8, 4) is 0 Å². The van der Waals surface area contributed by atoms with Crippen molar-refractivity contribution >= 4 is 46.0 Å². The van der Waals surface area contributed by atoms with E-state index in [4.69, 9.17) is 17.3 Å². The molecule has 0 bridgehead atoms. The molecule has 0 radical (unpaired) electrons. The van der Waals surface area contributed by atoms with Crippen LogP contribution in [0.2, 0.25) is 5.02 Å². The van der Waals surface area contributed by atoms with E-state index in [0.29, 0.717) is 10.8 Å². The first kappa shape index (κ1) is 24.4. The van der Waals surface area contributed by atoms with Gasteiger partial charge in [-0.25, -0.2) is 23.9 Å². The van der Waals surface area contributed by atoms with E-state index in [-0.39, 0.29) is 16.2 Å². The fraction of sp³-hybridized carbons (Fsp3) is 0.500. The van der Waals surface area contributed by atoms with Crippen LogP contribution < -0.4 is 15.4 Å². The standard InChI is InChI=1S/C22H28ClN9OS2/c1-21(2,3)35(33)30-18-20-29-28-13-32(20)12-22(18)5-8-31(9-6-22)15-10-27-16(11-26-15)34-14-4-7-25-19(24)17(14)23/h4,7,10-11,13,18,30H,5-6,8-9,12H2,1-3H3,(H2,24,25)/t18-,35-/m1/s1. The Morgan fingerprint density at radius 1 is 1.23 bits per heavy atom. The Labute approximate surface area is 216 Å². The second-order valence-electron chi connectivity index (χ2n) is 9.92.